The summed E-state index contributed by atoms with van der Waals surface area (Å²) in [7, 11) is 1.55. The normalized spacial score (nSPS) is 27.4. The van der Waals surface area contributed by atoms with Gasteiger partial charge in [0.15, 0.2) is 0 Å². The van der Waals surface area contributed by atoms with Gasteiger partial charge >= 0.3 is 6.09 Å². The summed E-state index contributed by atoms with van der Waals surface area (Å²) in [4.78, 5) is 12.1. The van der Waals surface area contributed by atoms with Crippen molar-refractivity contribution in [1.82, 2.24) is 4.90 Å². The van der Waals surface area contributed by atoms with Crippen LogP contribution in [-0.2, 0) is 5.60 Å². The Labute approximate surface area is 100 Å². The molecule has 4 nitrogen and oxygen atoms in total. The lowest BCUT2D eigenvalue weighted by molar-refractivity contribution is -0.0867. The highest BCUT2D eigenvalue weighted by atomic mass is 16.4. The van der Waals surface area contributed by atoms with Gasteiger partial charge in [-0.15, -0.1) is 0 Å². The number of hydrogen-bond acceptors (Lipinski definition) is 2. The first-order valence-corrected chi connectivity index (χ1v) is 5.68. The zero-order valence-corrected chi connectivity index (χ0v) is 10.1. The second-order valence-corrected chi connectivity index (χ2v) is 4.80. The fourth-order valence-electron chi connectivity index (χ4n) is 2.46. The topological polar surface area (TPSA) is 60.8 Å². The third kappa shape index (κ3) is 2.00. The van der Waals surface area contributed by atoms with Crippen molar-refractivity contribution < 1.29 is 15.0 Å². The molecule has 0 unspecified atom stereocenters. The number of benzene rings is 1. The van der Waals surface area contributed by atoms with Crippen LogP contribution in [0.1, 0.15) is 24.0 Å². The van der Waals surface area contributed by atoms with Crippen LogP contribution in [0.4, 0.5) is 4.79 Å². The van der Waals surface area contributed by atoms with Gasteiger partial charge in [-0.25, -0.2) is 4.79 Å². The van der Waals surface area contributed by atoms with Crippen LogP contribution >= 0.6 is 0 Å². The molecular weight excluding hydrogens is 218 g/mol. The van der Waals surface area contributed by atoms with Gasteiger partial charge in [0.05, 0.1) is 5.60 Å². The summed E-state index contributed by atoms with van der Waals surface area (Å²) in [6.07, 6.45) is 0.00299. The first-order valence-electron chi connectivity index (χ1n) is 5.68. The number of amides is 1. The van der Waals surface area contributed by atoms with E-state index in [0.29, 0.717) is 12.8 Å². The number of rotatable bonds is 2. The Balaban J connectivity index is 2.11. The van der Waals surface area contributed by atoms with Crippen LogP contribution in [0.25, 0.3) is 0 Å². The van der Waals surface area contributed by atoms with E-state index >= 15 is 0 Å². The minimum absolute atomic E-state index is 0.0860. The third-order valence-corrected chi connectivity index (χ3v) is 3.64. The molecule has 0 aliphatic heterocycles. The van der Waals surface area contributed by atoms with E-state index in [0.717, 1.165) is 11.1 Å². The summed E-state index contributed by atoms with van der Waals surface area (Å²) >= 11 is 0. The molecule has 1 amide bonds. The lowest BCUT2D eigenvalue weighted by Gasteiger charge is -2.47. The molecule has 0 saturated heterocycles. The Hall–Kier alpha value is -1.55. The van der Waals surface area contributed by atoms with Gasteiger partial charge in [-0.05, 0) is 18.1 Å². The van der Waals surface area contributed by atoms with Gasteiger partial charge in [0, 0.05) is 25.9 Å². The van der Waals surface area contributed by atoms with Crippen LogP contribution in [-0.4, -0.2) is 34.3 Å². The van der Waals surface area contributed by atoms with Crippen molar-refractivity contribution in [3.8, 4) is 0 Å². The zero-order chi connectivity index (χ0) is 12.6. The maximum Gasteiger partial charge on any atom is 0.407 e. The van der Waals surface area contributed by atoms with Crippen molar-refractivity contribution in [2.45, 2.75) is 31.4 Å². The minimum Gasteiger partial charge on any atom is -0.465 e. The molecule has 1 saturated carbocycles. The SMILES string of the molecule is Cc1ccccc1C1(O)CC(N(C)C(=O)O)C1. The van der Waals surface area contributed by atoms with Crippen LogP contribution in [0.3, 0.4) is 0 Å². The maximum atomic E-state index is 10.8. The molecule has 4 heteroatoms. The molecule has 17 heavy (non-hydrogen) atoms. The molecule has 0 spiro atoms. The van der Waals surface area contributed by atoms with E-state index in [1.165, 1.54) is 4.90 Å². The smallest absolute Gasteiger partial charge is 0.407 e. The summed E-state index contributed by atoms with van der Waals surface area (Å²) in [6, 6.07) is 7.61. The monoisotopic (exact) mass is 235 g/mol. The molecule has 0 aromatic heterocycles. The minimum atomic E-state index is -0.943. The Kier molecular flexibility index (Phi) is 2.83. The van der Waals surface area contributed by atoms with Gasteiger partial charge in [0.2, 0.25) is 0 Å². The van der Waals surface area contributed by atoms with Crippen LogP contribution in [0, 0.1) is 6.92 Å². The number of aryl methyl sites for hydroxylation is 1. The average molecular weight is 235 g/mol. The Bertz CT molecular complexity index is 438. The Morgan fingerprint density at radius 2 is 2.00 bits per heavy atom. The van der Waals surface area contributed by atoms with E-state index in [1.54, 1.807) is 7.05 Å². The Morgan fingerprint density at radius 3 is 2.53 bits per heavy atom. The van der Waals surface area contributed by atoms with E-state index in [1.807, 2.05) is 31.2 Å². The number of carboxylic acid groups (broad SMARTS) is 1. The maximum absolute atomic E-state index is 10.8. The number of nitrogens with zero attached hydrogens (tertiary/aromatic N) is 1. The van der Waals surface area contributed by atoms with Gasteiger partial charge < -0.3 is 15.1 Å². The van der Waals surface area contributed by atoms with Gasteiger partial charge in [-0.1, -0.05) is 24.3 Å². The second-order valence-electron chi connectivity index (χ2n) is 4.80. The highest BCUT2D eigenvalue weighted by Crippen LogP contribution is 2.44. The zero-order valence-electron chi connectivity index (χ0n) is 10.1. The number of aliphatic hydroxyl groups is 1. The van der Waals surface area contributed by atoms with Crippen LogP contribution in [0.15, 0.2) is 24.3 Å². The summed E-state index contributed by atoms with van der Waals surface area (Å²) < 4.78 is 0. The molecule has 92 valence electrons. The van der Waals surface area contributed by atoms with E-state index in [-0.39, 0.29) is 6.04 Å². The highest BCUT2D eigenvalue weighted by molar-refractivity contribution is 5.65. The van der Waals surface area contributed by atoms with Gasteiger partial charge in [-0.2, -0.15) is 0 Å². The summed E-state index contributed by atoms with van der Waals surface area (Å²) in [5.41, 5.74) is 1.10. The molecule has 0 heterocycles. The van der Waals surface area contributed by atoms with E-state index in [9.17, 15) is 9.90 Å². The van der Waals surface area contributed by atoms with E-state index in [4.69, 9.17) is 5.11 Å². The van der Waals surface area contributed by atoms with Crippen LogP contribution in [0.5, 0.6) is 0 Å². The molecule has 1 aliphatic rings. The molecule has 1 aromatic carbocycles. The number of hydrogen-bond donors (Lipinski definition) is 2. The molecule has 0 radical (unpaired) electrons. The fraction of sp³-hybridized carbons (Fsp3) is 0.462. The highest BCUT2D eigenvalue weighted by Gasteiger charge is 2.47. The predicted molar refractivity (Wildman–Crippen MR) is 63.9 cm³/mol. The van der Waals surface area contributed by atoms with Crippen molar-refractivity contribution in [3.05, 3.63) is 35.4 Å². The lowest BCUT2D eigenvalue weighted by atomic mass is 9.70. The Morgan fingerprint density at radius 1 is 1.41 bits per heavy atom. The van der Waals surface area contributed by atoms with Crippen LogP contribution < -0.4 is 0 Å². The quantitative estimate of drug-likeness (QED) is 0.823. The largest absolute Gasteiger partial charge is 0.465 e. The molecular formula is C13H17NO3. The van der Waals surface area contributed by atoms with Crippen molar-refractivity contribution in [3.63, 3.8) is 0 Å². The summed E-state index contributed by atoms with van der Waals surface area (Å²) in [5.74, 6) is 0. The molecule has 0 atom stereocenters. The van der Waals surface area contributed by atoms with Crippen LogP contribution in [0.2, 0.25) is 0 Å². The number of carbonyl (C=O) groups is 1. The first kappa shape index (κ1) is 11.9. The lowest BCUT2D eigenvalue weighted by Crippen LogP contribution is -2.53. The molecule has 2 N–H and O–H groups in total. The van der Waals surface area contributed by atoms with Gasteiger partial charge in [-0.3, -0.25) is 0 Å². The van der Waals surface area contributed by atoms with Gasteiger partial charge in [0.1, 0.15) is 0 Å². The molecule has 1 aromatic rings. The van der Waals surface area contributed by atoms with E-state index < -0.39 is 11.7 Å². The van der Waals surface area contributed by atoms with Crippen molar-refractivity contribution in [1.29, 1.82) is 0 Å². The van der Waals surface area contributed by atoms with Gasteiger partial charge in [0.25, 0.3) is 0 Å². The summed E-state index contributed by atoms with van der Waals surface area (Å²) in [5, 5.41) is 19.3. The predicted octanol–water partition coefficient (Wildman–Crippen LogP) is 1.95. The van der Waals surface area contributed by atoms with Crippen molar-refractivity contribution >= 4 is 6.09 Å². The van der Waals surface area contributed by atoms with Crippen molar-refractivity contribution in [2.24, 2.45) is 0 Å². The van der Waals surface area contributed by atoms with Crippen molar-refractivity contribution in [2.75, 3.05) is 7.05 Å². The standard InChI is InChI=1S/C13H17NO3/c1-9-5-3-4-6-11(9)13(17)7-10(8-13)14(2)12(15)16/h3-6,10,17H,7-8H2,1-2H3,(H,15,16). The molecule has 1 fully saturated rings. The third-order valence-electron chi connectivity index (χ3n) is 3.64. The second kappa shape index (κ2) is 4.04. The first-order chi connectivity index (χ1) is 7.94. The average Bonchev–Trinajstić information content (AvgIpc) is 2.24. The van der Waals surface area contributed by atoms with E-state index in [2.05, 4.69) is 0 Å². The fourth-order valence-corrected chi connectivity index (χ4v) is 2.46. The molecule has 0 bridgehead atoms. The molecule has 2 rings (SSSR count). The summed E-state index contributed by atoms with van der Waals surface area (Å²) in [6.45, 7) is 1.96. The molecule has 1 aliphatic carbocycles.